The summed E-state index contributed by atoms with van der Waals surface area (Å²) < 4.78 is 31.3. The van der Waals surface area contributed by atoms with Gasteiger partial charge in [-0.15, -0.1) is 0 Å². The van der Waals surface area contributed by atoms with Gasteiger partial charge in [0.15, 0.2) is 0 Å². The van der Waals surface area contributed by atoms with Crippen LogP contribution in [0.1, 0.15) is 35.3 Å². The fourth-order valence-electron chi connectivity index (χ4n) is 4.35. The number of amides is 1. The van der Waals surface area contributed by atoms with Gasteiger partial charge in [-0.1, -0.05) is 43.3 Å². The molecule has 0 unspecified atom stereocenters. The summed E-state index contributed by atoms with van der Waals surface area (Å²) >= 11 is 0. The molecule has 39 heavy (non-hydrogen) atoms. The van der Waals surface area contributed by atoms with Crippen molar-refractivity contribution in [2.75, 3.05) is 47.4 Å². The molecule has 0 aliphatic carbocycles. The molecule has 3 aromatic carbocycles. The van der Waals surface area contributed by atoms with Crippen LogP contribution in [-0.4, -0.2) is 52.8 Å². The van der Waals surface area contributed by atoms with Crippen LogP contribution in [0.4, 0.5) is 17.1 Å². The lowest BCUT2D eigenvalue weighted by molar-refractivity contribution is -0.110. The van der Waals surface area contributed by atoms with Crippen molar-refractivity contribution in [3.63, 3.8) is 0 Å². The first-order valence-electron chi connectivity index (χ1n) is 12.7. The van der Waals surface area contributed by atoms with Gasteiger partial charge in [-0.3, -0.25) is 9.10 Å². The SMILES string of the molecule is CCNCCN(c1ccc(N/C(=C2\C(=O)Nc3cc(C(=O)OCC)ccc32)c2ccccc2)cc1)S(C)(=O)=O. The number of benzene rings is 3. The molecular formula is C29H32N4O5S. The second-order valence-electron chi connectivity index (χ2n) is 8.91. The quantitative estimate of drug-likeness (QED) is 0.187. The minimum Gasteiger partial charge on any atom is -0.462 e. The molecule has 0 atom stereocenters. The number of fused-ring (bicyclic) bond motifs is 1. The van der Waals surface area contributed by atoms with Crippen molar-refractivity contribution >= 4 is 50.2 Å². The second-order valence-corrected chi connectivity index (χ2v) is 10.8. The second kappa shape index (κ2) is 12.1. The van der Waals surface area contributed by atoms with Crippen molar-refractivity contribution in [3.8, 4) is 0 Å². The molecule has 1 amide bonds. The van der Waals surface area contributed by atoms with Gasteiger partial charge in [0.05, 0.1) is 41.1 Å². The van der Waals surface area contributed by atoms with Gasteiger partial charge < -0.3 is 20.7 Å². The van der Waals surface area contributed by atoms with Crippen molar-refractivity contribution < 1.29 is 22.7 Å². The Hall–Kier alpha value is -4.15. The van der Waals surface area contributed by atoms with E-state index in [1.165, 1.54) is 10.6 Å². The van der Waals surface area contributed by atoms with E-state index in [4.69, 9.17) is 4.74 Å². The number of carbonyl (C=O) groups is 2. The molecule has 3 aromatic rings. The minimum atomic E-state index is -3.47. The van der Waals surface area contributed by atoms with Gasteiger partial charge in [0.2, 0.25) is 10.0 Å². The first-order valence-corrected chi connectivity index (χ1v) is 14.6. The summed E-state index contributed by atoms with van der Waals surface area (Å²) in [5.41, 5.74) is 4.55. The highest BCUT2D eigenvalue weighted by atomic mass is 32.2. The third kappa shape index (κ3) is 6.47. The molecule has 0 saturated carbocycles. The number of likely N-dealkylation sites (N-methyl/N-ethyl adjacent to an activating group) is 1. The van der Waals surface area contributed by atoms with Gasteiger partial charge in [0, 0.05) is 24.3 Å². The number of anilines is 3. The number of nitrogens with one attached hydrogen (secondary N) is 3. The maximum atomic E-state index is 13.2. The summed E-state index contributed by atoms with van der Waals surface area (Å²) in [7, 11) is -3.47. The number of sulfonamides is 1. The van der Waals surface area contributed by atoms with Crippen LogP contribution in [0.2, 0.25) is 0 Å². The van der Waals surface area contributed by atoms with Crippen molar-refractivity contribution in [2.24, 2.45) is 0 Å². The normalized spacial score (nSPS) is 13.9. The molecule has 204 valence electrons. The summed E-state index contributed by atoms with van der Waals surface area (Å²) in [6.07, 6.45) is 1.19. The average molecular weight is 549 g/mol. The zero-order valence-electron chi connectivity index (χ0n) is 22.2. The molecular weight excluding hydrogens is 516 g/mol. The van der Waals surface area contributed by atoms with E-state index in [1.807, 2.05) is 37.3 Å². The fourth-order valence-corrected chi connectivity index (χ4v) is 5.27. The van der Waals surface area contributed by atoms with Crippen LogP contribution < -0.4 is 20.3 Å². The van der Waals surface area contributed by atoms with Gasteiger partial charge in [-0.2, -0.15) is 0 Å². The van der Waals surface area contributed by atoms with E-state index in [9.17, 15) is 18.0 Å². The van der Waals surface area contributed by atoms with Crippen LogP contribution in [0.25, 0.3) is 11.3 Å². The molecule has 0 spiro atoms. The summed E-state index contributed by atoms with van der Waals surface area (Å²) in [5.74, 6) is -0.761. The van der Waals surface area contributed by atoms with Gasteiger partial charge in [-0.25, -0.2) is 13.2 Å². The smallest absolute Gasteiger partial charge is 0.338 e. The summed E-state index contributed by atoms with van der Waals surface area (Å²) in [6.45, 7) is 5.54. The average Bonchev–Trinajstić information content (AvgIpc) is 3.25. The van der Waals surface area contributed by atoms with Crippen molar-refractivity contribution in [1.29, 1.82) is 0 Å². The third-order valence-corrected chi connectivity index (χ3v) is 7.35. The molecule has 9 nitrogen and oxygen atoms in total. The molecule has 0 bridgehead atoms. The standard InChI is InChI=1S/C29H32N4O5S/c1-4-30-17-18-33(39(3,36)37)23-14-12-22(13-15-23)31-27(20-9-7-6-8-10-20)26-24-16-11-21(29(35)38-5-2)19-25(24)32-28(26)34/h6-16,19,30-31H,4-5,17-18H2,1-3H3,(H,32,34)/b27-26-. The summed E-state index contributed by atoms with van der Waals surface area (Å²) in [6, 6.07) is 21.5. The van der Waals surface area contributed by atoms with Crippen LogP contribution in [0.3, 0.4) is 0 Å². The highest BCUT2D eigenvalue weighted by molar-refractivity contribution is 7.92. The monoisotopic (exact) mass is 548 g/mol. The van der Waals surface area contributed by atoms with Crippen LogP contribution in [0, 0.1) is 0 Å². The Morgan fingerprint density at radius 1 is 0.974 bits per heavy atom. The van der Waals surface area contributed by atoms with Crippen LogP contribution in [0.5, 0.6) is 0 Å². The van der Waals surface area contributed by atoms with E-state index in [-0.39, 0.29) is 12.5 Å². The predicted molar refractivity (Wildman–Crippen MR) is 155 cm³/mol. The number of ether oxygens (including phenoxy) is 1. The van der Waals surface area contributed by atoms with Gasteiger partial charge in [-0.05, 0) is 55.4 Å². The Labute approximate surface area is 228 Å². The largest absolute Gasteiger partial charge is 0.462 e. The van der Waals surface area contributed by atoms with E-state index in [2.05, 4.69) is 16.0 Å². The molecule has 0 aromatic heterocycles. The van der Waals surface area contributed by atoms with E-state index in [1.54, 1.807) is 49.4 Å². The van der Waals surface area contributed by atoms with Crippen molar-refractivity contribution in [3.05, 3.63) is 89.5 Å². The van der Waals surface area contributed by atoms with E-state index < -0.39 is 16.0 Å². The number of carbonyl (C=O) groups excluding carboxylic acids is 2. The van der Waals surface area contributed by atoms with Gasteiger partial charge >= 0.3 is 5.97 Å². The molecule has 1 heterocycles. The number of rotatable bonds is 11. The Morgan fingerprint density at radius 3 is 2.33 bits per heavy atom. The molecule has 0 fully saturated rings. The Kier molecular flexibility index (Phi) is 8.68. The first kappa shape index (κ1) is 27.9. The lowest BCUT2D eigenvalue weighted by Gasteiger charge is -2.23. The Morgan fingerprint density at radius 2 is 1.69 bits per heavy atom. The maximum Gasteiger partial charge on any atom is 0.338 e. The molecule has 10 heteroatoms. The summed E-state index contributed by atoms with van der Waals surface area (Å²) in [5, 5.41) is 9.38. The number of nitrogens with zero attached hydrogens (tertiary/aromatic N) is 1. The number of esters is 1. The minimum absolute atomic E-state index is 0.256. The zero-order valence-corrected chi connectivity index (χ0v) is 23.0. The molecule has 1 aliphatic rings. The third-order valence-electron chi connectivity index (χ3n) is 6.15. The van der Waals surface area contributed by atoms with Gasteiger partial charge in [0.25, 0.3) is 5.91 Å². The molecule has 4 rings (SSSR count). The van der Waals surface area contributed by atoms with Crippen LogP contribution in [-0.2, 0) is 19.6 Å². The number of hydrogen-bond acceptors (Lipinski definition) is 7. The molecule has 0 radical (unpaired) electrons. The highest BCUT2D eigenvalue weighted by Gasteiger charge is 2.29. The fraction of sp³-hybridized carbons (Fsp3) is 0.241. The molecule has 3 N–H and O–H groups in total. The van der Waals surface area contributed by atoms with Crippen LogP contribution in [0.15, 0.2) is 72.8 Å². The van der Waals surface area contributed by atoms with Crippen molar-refractivity contribution in [1.82, 2.24) is 5.32 Å². The van der Waals surface area contributed by atoms with Crippen LogP contribution >= 0.6 is 0 Å². The predicted octanol–water partition coefficient (Wildman–Crippen LogP) is 4.17. The molecule has 0 saturated heterocycles. The van der Waals surface area contributed by atoms with E-state index >= 15 is 0 Å². The maximum absolute atomic E-state index is 13.2. The van der Waals surface area contributed by atoms with Gasteiger partial charge in [0.1, 0.15) is 0 Å². The zero-order chi connectivity index (χ0) is 28.0. The van der Waals surface area contributed by atoms with E-state index in [0.717, 1.165) is 12.1 Å². The first-order chi connectivity index (χ1) is 18.7. The summed E-state index contributed by atoms with van der Waals surface area (Å²) in [4.78, 5) is 25.4. The molecule has 1 aliphatic heterocycles. The van der Waals surface area contributed by atoms with E-state index in [0.29, 0.717) is 52.5 Å². The highest BCUT2D eigenvalue weighted by Crippen LogP contribution is 2.38. The lowest BCUT2D eigenvalue weighted by atomic mass is 9.99. The number of hydrogen-bond donors (Lipinski definition) is 3. The Bertz CT molecular complexity index is 1490. The topological polar surface area (TPSA) is 117 Å². The Balaban J connectivity index is 1.71. The lowest BCUT2D eigenvalue weighted by Crippen LogP contribution is -2.36. The van der Waals surface area contributed by atoms with Crippen molar-refractivity contribution in [2.45, 2.75) is 13.8 Å².